The molecule has 4 heteroatoms. The molecule has 0 aliphatic heterocycles. The number of nitrogens with zero attached hydrogens (tertiary/aromatic N) is 1. The fraction of sp³-hybridized carbons (Fsp3) is 0.0909. The molecule has 1 N–H and O–H groups in total. The van der Waals surface area contributed by atoms with Gasteiger partial charge < -0.3 is 10.1 Å². The molecule has 0 unspecified atom stereocenters. The third-order valence-corrected chi connectivity index (χ3v) is 3.61. The molecular weight excluding hydrogens is 324 g/mol. The average Bonchev–Trinajstić information content (AvgIpc) is 2.71. The molecule has 1 aromatic heterocycles. The van der Waals surface area contributed by atoms with Crippen molar-refractivity contribution >= 4 is 6.09 Å². The molecule has 1 heterocycles. The Morgan fingerprint density at radius 2 is 1.73 bits per heavy atom. The predicted molar refractivity (Wildman–Crippen MR) is 101 cm³/mol. The fourth-order valence-corrected chi connectivity index (χ4v) is 2.29. The minimum Gasteiger partial charge on any atom is -0.445 e. The summed E-state index contributed by atoms with van der Waals surface area (Å²) in [6.07, 6.45) is 1.29. The van der Waals surface area contributed by atoms with Crippen LogP contribution in [0.25, 0.3) is 11.3 Å². The predicted octanol–water partition coefficient (Wildman–Crippen LogP) is 4.03. The highest BCUT2D eigenvalue weighted by molar-refractivity contribution is 5.67. The van der Waals surface area contributed by atoms with E-state index >= 15 is 0 Å². The molecule has 0 saturated carbocycles. The van der Waals surface area contributed by atoms with E-state index in [4.69, 9.17) is 4.74 Å². The second-order valence-electron chi connectivity index (χ2n) is 5.51. The standard InChI is InChI=1S/C22H18N2O2/c25-22(26-17-19-7-2-1-3-8-19)24-16-6-9-18-11-13-20(14-12-18)21-10-4-5-15-23-21/h1-5,7-8,10-15H,16-17H2,(H,24,25). The number of aromatic nitrogens is 1. The summed E-state index contributed by atoms with van der Waals surface area (Å²) in [6, 6.07) is 23.2. The van der Waals surface area contributed by atoms with Gasteiger partial charge in [0.15, 0.2) is 0 Å². The first kappa shape index (κ1) is 17.2. The van der Waals surface area contributed by atoms with E-state index in [1.807, 2.05) is 72.8 Å². The summed E-state index contributed by atoms with van der Waals surface area (Å²) < 4.78 is 5.12. The summed E-state index contributed by atoms with van der Waals surface area (Å²) in [7, 11) is 0. The number of nitrogens with one attached hydrogen (secondary N) is 1. The van der Waals surface area contributed by atoms with E-state index in [1.54, 1.807) is 6.20 Å². The number of carbonyl (C=O) groups excluding carboxylic acids is 1. The van der Waals surface area contributed by atoms with Gasteiger partial charge in [-0.15, -0.1) is 0 Å². The lowest BCUT2D eigenvalue weighted by molar-refractivity contribution is 0.141. The van der Waals surface area contributed by atoms with Gasteiger partial charge in [-0.05, 0) is 29.8 Å². The Balaban J connectivity index is 1.45. The van der Waals surface area contributed by atoms with E-state index in [9.17, 15) is 4.79 Å². The van der Waals surface area contributed by atoms with Crippen LogP contribution in [0.4, 0.5) is 4.79 Å². The second-order valence-corrected chi connectivity index (χ2v) is 5.51. The lowest BCUT2D eigenvalue weighted by atomic mass is 10.1. The Bertz CT molecular complexity index is 896. The second kappa shape index (κ2) is 9.05. The summed E-state index contributed by atoms with van der Waals surface area (Å²) in [6.45, 7) is 0.477. The van der Waals surface area contributed by atoms with Crippen LogP contribution in [0.1, 0.15) is 11.1 Å². The zero-order chi connectivity index (χ0) is 18.0. The molecule has 0 spiro atoms. The van der Waals surface area contributed by atoms with Gasteiger partial charge in [0.25, 0.3) is 0 Å². The number of hydrogen-bond acceptors (Lipinski definition) is 3. The van der Waals surface area contributed by atoms with Crippen LogP contribution < -0.4 is 5.32 Å². The lowest BCUT2D eigenvalue weighted by Crippen LogP contribution is -2.24. The number of amides is 1. The first-order valence-corrected chi connectivity index (χ1v) is 8.26. The SMILES string of the molecule is O=C(NCC#Cc1ccc(-c2ccccn2)cc1)OCc1ccccc1. The maximum absolute atomic E-state index is 11.6. The summed E-state index contributed by atoms with van der Waals surface area (Å²) in [5.74, 6) is 5.92. The summed E-state index contributed by atoms with van der Waals surface area (Å²) in [5, 5.41) is 2.62. The van der Waals surface area contributed by atoms with E-state index in [0.717, 1.165) is 22.4 Å². The third kappa shape index (κ3) is 5.22. The van der Waals surface area contributed by atoms with E-state index in [0.29, 0.717) is 0 Å². The largest absolute Gasteiger partial charge is 0.445 e. The van der Waals surface area contributed by atoms with E-state index in [2.05, 4.69) is 22.1 Å². The van der Waals surface area contributed by atoms with Crippen LogP contribution in [-0.4, -0.2) is 17.6 Å². The van der Waals surface area contributed by atoms with Gasteiger partial charge in [-0.25, -0.2) is 4.79 Å². The molecule has 0 aliphatic carbocycles. The smallest absolute Gasteiger partial charge is 0.408 e. The number of carbonyl (C=O) groups is 1. The van der Waals surface area contributed by atoms with Gasteiger partial charge in [0.1, 0.15) is 6.61 Å². The molecule has 2 aromatic carbocycles. The molecule has 1 amide bonds. The van der Waals surface area contributed by atoms with Gasteiger partial charge in [-0.1, -0.05) is 60.4 Å². The van der Waals surface area contributed by atoms with Gasteiger partial charge in [0, 0.05) is 17.3 Å². The Hall–Kier alpha value is -3.58. The maximum atomic E-state index is 11.6. The Morgan fingerprint density at radius 1 is 0.962 bits per heavy atom. The van der Waals surface area contributed by atoms with Crippen molar-refractivity contribution in [1.82, 2.24) is 10.3 Å². The molecule has 0 aliphatic rings. The monoisotopic (exact) mass is 342 g/mol. The molecule has 3 aromatic rings. The highest BCUT2D eigenvalue weighted by Crippen LogP contribution is 2.16. The van der Waals surface area contributed by atoms with E-state index in [1.165, 1.54) is 0 Å². The van der Waals surface area contributed by atoms with Crippen LogP contribution in [0, 0.1) is 11.8 Å². The topological polar surface area (TPSA) is 51.2 Å². The normalized spacial score (nSPS) is 9.69. The zero-order valence-corrected chi connectivity index (χ0v) is 14.2. The van der Waals surface area contributed by atoms with Crippen LogP contribution in [0.5, 0.6) is 0 Å². The van der Waals surface area contributed by atoms with Gasteiger partial charge >= 0.3 is 6.09 Å². The van der Waals surface area contributed by atoms with Crippen molar-refractivity contribution < 1.29 is 9.53 Å². The Morgan fingerprint density at radius 3 is 2.46 bits per heavy atom. The zero-order valence-electron chi connectivity index (χ0n) is 14.2. The van der Waals surface area contributed by atoms with Crippen LogP contribution in [0.3, 0.4) is 0 Å². The van der Waals surface area contributed by atoms with Crippen molar-refractivity contribution in [1.29, 1.82) is 0 Å². The molecule has 3 rings (SSSR count). The van der Waals surface area contributed by atoms with Crippen molar-refractivity contribution in [2.24, 2.45) is 0 Å². The molecule has 0 atom stereocenters. The number of pyridine rings is 1. The maximum Gasteiger partial charge on any atom is 0.408 e. The van der Waals surface area contributed by atoms with Crippen molar-refractivity contribution in [2.75, 3.05) is 6.54 Å². The molecular formula is C22H18N2O2. The molecule has 26 heavy (non-hydrogen) atoms. The number of rotatable bonds is 4. The van der Waals surface area contributed by atoms with E-state index in [-0.39, 0.29) is 13.2 Å². The fourth-order valence-electron chi connectivity index (χ4n) is 2.29. The van der Waals surface area contributed by atoms with E-state index < -0.39 is 6.09 Å². The quantitative estimate of drug-likeness (QED) is 0.729. The van der Waals surface area contributed by atoms with Crippen molar-refractivity contribution in [3.8, 4) is 23.1 Å². The van der Waals surface area contributed by atoms with Crippen LogP contribution in [0.15, 0.2) is 79.0 Å². The summed E-state index contributed by atoms with van der Waals surface area (Å²) >= 11 is 0. The summed E-state index contributed by atoms with van der Waals surface area (Å²) in [4.78, 5) is 15.9. The first-order chi connectivity index (χ1) is 12.8. The average molecular weight is 342 g/mol. The third-order valence-electron chi connectivity index (χ3n) is 3.61. The molecule has 0 bridgehead atoms. The highest BCUT2D eigenvalue weighted by Gasteiger charge is 2.00. The highest BCUT2D eigenvalue weighted by atomic mass is 16.5. The molecule has 4 nitrogen and oxygen atoms in total. The number of hydrogen-bond donors (Lipinski definition) is 1. The van der Waals surface area contributed by atoms with Crippen LogP contribution in [0.2, 0.25) is 0 Å². The minimum absolute atomic E-state index is 0.232. The first-order valence-electron chi connectivity index (χ1n) is 8.26. The van der Waals surface area contributed by atoms with Gasteiger partial charge in [-0.2, -0.15) is 0 Å². The molecule has 0 saturated heterocycles. The van der Waals surface area contributed by atoms with Crippen LogP contribution in [-0.2, 0) is 11.3 Å². The lowest BCUT2D eigenvalue weighted by Gasteiger charge is -2.04. The molecule has 0 fully saturated rings. The Kier molecular flexibility index (Phi) is 6.00. The Labute approximate surface area is 152 Å². The summed E-state index contributed by atoms with van der Waals surface area (Å²) in [5.41, 5.74) is 3.79. The molecule has 0 radical (unpaired) electrons. The van der Waals surface area contributed by atoms with Gasteiger partial charge in [-0.3, -0.25) is 4.98 Å². The number of alkyl carbamates (subject to hydrolysis) is 1. The number of benzene rings is 2. The van der Waals surface area contributed by atoms with Crippen molar-refractivity contribution in [3.05, 3.63) is 90.1 Å². The minimum atomic E-state index is -0.478. The number of ether oxygens (including phenoxy) is 1. The van der Waals surface area contributed by atoms with Crippen molar-refractivity contribution in [2.45, 2.75) is 6.61 Å². The van der Waals surface area contributed by atoms with Crippen LogP contribution >= 0.6 is 0 Å². The molecule has 128 valence electrons. The van der Waals surface area contributed by atoms with Gasteiger partial charge in [0.05, 0.1) is 12.2 Å². The van der Waals surface area contributed by atoms with Gasteiger partial charge in [0.2, 0.25) is 0 Å². The van der Waals surface area contributed by atoms with Crippen molar-refractivity contribution in [3.63, 3.8) is 0 Å².